The number of anilines is 1. The number of hydrogen-bond donors (Lipinski definition) is 1. The molecule has 134 valence electrons. The maximum absolute atomic E-state index is 12.2. The number of rotatable bonds is 5. The summed E-state index contributed by atoms with van der Waals surface area (Å²) in [5.41, 5.74) is 2.64. The largest absolute Gasteiger partial charge is 0.323 e. The molecule has 1 heterocycles. The first-order valence-electron chi connectivity index (χ1n) is 7.92. The highest BCUT2D eigenvalue weighted by Gasteiger charge is 2.14. The zero-order valence-corrected chi connectivity index (χ0v) is 14.3. The minimum atomic E-state index is -0.603. The summed E-state index contributed by atoms with van der Waals surface area (Å²) in [6.45, 7) is 1.87. The van der Waals surface area contributed by atoms with Crippen LogP contribution < -0.4 is 5.32 Å². The quantitative estimate of drug-likeness (QED) is 0.549. The molecule has 27 heavy (non-hydrogen) atoms. The van der Waals surface area contributed by atoms with Gasteiger partial charge in [-0.2, -0.15) is 5.26 Å². The zero-order valence-electron chi connectivity index (χ0n) is 14.3. The molecule has 1 N–H and O–H groups in total. The van der Waals surface area contributed by atoms with Crippen molar-refractivity contribution in [2.24, 2.45) is 0 Å². The normalized spacial score (nSPS) is 10.2. The Balaban J connectivity index is 1.71. The number of aryl methyl sites for hydroxylation is 1. The van der Waals surface area contributed by atoms with Crippen molar-refractivity contribution < 1.29 is 9.72 Å². The van der Waals surface area contributed by atoms with E-state index in [0.29, 0.717) is 5.69 Å². The number of nitrogens with zero attached hydrogens (tertiary/aromatic N) is 5. The Morgan fingerprint density at radius 2 is 2.04 bits per heavy atom. The average Bonchev–Trinajstić information content (AvgIpc) is 3.10. The Bertz CT molecular complexity index is 1050. The summed E-state index contributed by atoms with van der Waals surface area (Å²) in [4.78, 5) is 22.4. The van der Waals surface area contributed by atoms with E-state index in [1.807, 2.05) is 37.3 Å². The van der Waals surface area contributed by atoms with Gasteiger partial charge in [-0.25, -0.2) is 4.68 Å². The first kappa shape index (κ1) is 17.8. The summed E-state index contributed by atoms with van der Waals surface area (Å²) in [5, 5.41) is 30.4. The van der Waals surface area contributed by atoms with Crippen molar-refractivity contribution in [1.82, 2.24) is 15.0 Å². The Kier molecular flexibility index (Phi) is 4.90. The van der Waals surface area contributed by atoms with E-state index in [1.165, 1.54) is 16.8 Å². The summed E-state index contributed by atoms with van der Waals surface area (Å²) in [7, 11) is 0. The Morgan fingerprint density at radius 3 is 2.70 bits per heavy atom. The van der Waals surface area contributed by atoms with Crippen molar-refractivity contribution >= 4 is 17.3 Å². The van der Waals surface area contributed by atoms with Crippen LogP contribution in [0.5, 0.6) is 0 Å². The summed E-state index contributed by atoms with van der Waals surface area (Å²) >= 11 is 0. The molecule has 1 aromatic heterocycles. The number of nitriles is 1. The number of carbonyl (C=O) groups excluding carboxylic acids is 1. The molecule has 0 aliphatic carbocycles. The fourth-order valence-electron chi connectivity index (χ4n) is 2.42. The Morgan fingerprint density at radius 1 is 1.30 bits per heavy atom. The lowest BCUT2D eigenvalue weighted by Gasteiger charge is -2.06. The molecule has 3 aromatic rings. The van der Waals surface area contributed by atoms with Crippen molar-refractivity contribution in [2.45, 2.75) is 13.5 Å². The minimum absolute atomic E-state index is 0.0106. The Labute approximate surface area is 154 Å². The lowest BCUT2D eigenvalue weighted by molar-refractivity contribution is -0.384. The molecule has 0 saturated heterocycles. The van der Waals surface area contributed by atoms with Crippen molar-refractivity contribution in [3.8, 4) is 17.3 Å². The van der Waals surface area contributed by atoms with Crippen LogP contribution in [-0.2, 0) is 11.3 Å². The summed E-state index contributed by atoms with van der Waals surface area (Å²) < 4.78 is 1.38. The van der Waals surface area contributed by atoms with Crippen molar-refractivity contribution in [1.29, 1.82) is 5.26 Å². The number of carbonyl (C=O) groups is 1. The highest BCUT2D eigenvalue weighted by molar-refractivity contribution is 5.92. The third-order valence-corrected chi connectivity index (χ3v) is 3.80. The second kappa shape index (κ2) is 7.45. The highest BCUT2D eigenvalue weighted by atomic mass is 16.6. The summed E-state index contributed by atoms with van der Waals surface area (Å²) in [6.07, 6.45) is 1.64. The fraction of sp³-hybridized carbons (Fsp3) is 0.111. The van der Waals surface area contributed by atoms with Crippen LogP contribution in [0.3, 0.4) is 0 Å². The number of nitrogens with one attached hydrogen (secondary N) is 1. The molecular formula is C18H14N6O3. The van der Waals surface area contributed by atoms with Gasteiger partial charge in [-0.1, -0.05) is 35.0 Å². The minimum Gasteiger partial charge on any atom is -0.323 e. The number of non-ortho nitro benzene ring substituents is 1. The highest BCUT2D eigenvalue weighted by Crippen LogP contribution is 2.21. The molecule has 0 unspecified atom stereocenters. The van der Waals surface area contributed by atoms with E-state index in [4.69, 9.17) is 5.26 Å². The molecule has 0 bridgehead atoms. The number of amides is 1. The molecule has 0 aliphatic heterocycles. The van der Waals surface area contributed by atoms with Crippen molar-refractivity contribution in [3.05, 3.63) is 69.9 Å². The van der Waals surface area contributed by atoms with Crippen LogP contribution in [0.25, 0.3) is 11.3 Å². The molecule has 0 spiro atoms. The zero-order chi connectivity index (χ0) is 19.4. The molecule has 1 amide bonds. The number of nitro groups is 1. The predicted molar refractivity (Wildman–Crippen MR) is 96.6 cm³/mol. The lowest BCUT2D eigenvalue weighted by Crippen LogP contribution is -2.19. The van der Waals surface area contributed by atoms with Crippen LogP contribution in [0.4, 0.5) is 11.4 Å². The predicted octanol–water partition coefficient (Wildman–Crippen LogP) is 2.67. The van der Waals surface area contributed by atoms with Gasteiger partial charge in [0.1, 0.15) is 18.3 Å². The monoisotopic (exact) mass is 362 g/mol. The molecule has 2 aromatic carbocycles. The molecule has 0 radical (unpaired) electrons. The third kappa shape index (κ3) is 4.13. The third-order valence-electron chi connectivity index (χ3n) is 3.80. The summed E-state index contributed by atoms with van der Waals surface area (Å²) in [6, 6.07) is 13.2. The maximum atomic E-state index is 12.2. The van der Waals surface area contributed by atoms with E-state index < -0.39 is 10.8 Å². The first-order chi connectivity index (χ1) is 13.0. The molecule has 0 saturated carbocycles. The van der Waals surface area contributed by atoms with Gasteiger partial charge in [0.2, 0.25) is 5.91 Å². The number of nitro benzene ring substituents is 1. The number of aromatic nitrogens is 3. The Hall–Kier alpha value is -4.06. The topological polar surface area (TPSA) is 127 Å². The molecular weight excluding hydrogens is 348 g/mol. The molecule has 9 heteroatoms. The maximum Gasteiger partial charge on any atom is 0.270 e. The second-order valence-electron chi connectivity index (χ2n) is 5.81. The van der Waals surface area contributed by atoms with Crippen LogP contribution in [-0.4, -0.2) is 25.8 Å². The van der Waals surface area contributed by atoms with Gasteiger partial charge in [-0.05, 0) is 13.0 Å². The van der Waals surface area contributed by atoms with Gasteiger partial charge in [-0.15, -0.1) is 5.10 Å². The number of benzene rings is 2. The standard InChI is InChI=1S/C18H14N6O3/c1-12-2-4-13(5-3-12)17-10-23(22-21-17)11-18(25)20-16-7-6-15(24(26)27)8-14(16)9-19/h2-8,10H,11H2,1H3,(H,20,25). The van der Waals surface area contributed by atoms with Gasteiger partial charge in [0, 0.05) is 17.7 Å². The van der Waals surface area contributed by atoms with Crippen LogP contribution >= 0.6 is 0 Å². The molecule has 0 fully saturated rings. The van der Waals surface area contributed by atoms with Crippen LogP contribution in [0.1, 0.15) is 11.1 Å². The van der Waals surface area contributed by atoms with E-state index in [9.17, 15) is 14.9 Å². The van der Waals surface area contributed by atoms with Crippen molar-refractivity contribution in [3.63, 3.8) is 0 Å². The smallest absolute Gasteiger partial charge is 0.270 e. The van der Waals surface area contributed by atoms with E-state index >= 15 is 0 Å². The van der Waals surface area contributed by atoms with Gasteiger partial charge in [0.25, 0.3) is 5.69 Å². The molecule has 0 aliphatic rings. The van der Waals surface area contributed by atoms with E-state index in [0.717, 1.165) is 17.2 Å². The van der Waals surface area contributed by atoms with Gasteiger partial charge in [-0.3, -0.25) is 14.9 Å². The summed E-state index contributed by atoms with van der Waals surface area (Å²) in [5.74, 6) is -0.430. The van der Waals surface area contributed by atoms with E-state index in [2.05, 4.69) is 15.6 Å². The SMILES string of the molecule is Cc1ccc(-c2cn(CC(=O)Nc3ccc([N+](=O)[O-])cc3C#N)nn2)cc1. The average molecular weight is 362 g/mol. The lowest BCUT2D eigenvalue weighted by atomic mass is 10.1. The van der Waals surface area contributed by atoms with Crippen LogP contribution in [0.15, 0.2) is 48.7 Å². The molecule has 9 nitrogen and oxygen atoms in total. The van der Waals surface area contributed by atoms with Crippen LogP contribution in [0, 0.1) is 28.4 Å². The molecule has 3 rings (SSSR count). The van der Waals surface area contributed by atoms with Gasteiger partial charge >= 0.3 is 0 Å². The van der Waals surface area contributed by atoms with E-state index in [1.54, 1.807) is 6.20 Å². The number of hydrogen-bond acceptors (Lipinski definition) is 6. The van der Waals surface area contributed by atoms with Crippen LogP contribution in [0.2, 0.25) is 0 Å². The fourth-order valence-corrected chi connectivity index (χ4v) is 2.42. The second-order valence-corrected chi connectivity index (χ2v) is 5.81. The van der Waals surface area contributed by atoms with Gasteiger partial charge < -0.3 is 5.32 Å². The van der Waals surface area contributed by atoms with E-state index in [-0.39, 0.29) is 23.5 Å². The molecule has 0 atom stereocenters. The first-order valence-corrected chi connectivity index (χ1v) is 7.92. The van der Waals surface area contributed by atoms with Crippen molar-refractivity contribution in [2.75, 3.05) is 5.32 Å². The van der Waals surface area contributed by atoms with Gasteiger partial charge in [0.05, 0.1) is 22.4 Å². The van der Waals surface area contributed by atoms with Gasteiger partial charge in [0.15, 0.2) is 0 Å².